The lowest BCUT2D eigenvalue weighted by Crippen LogP contribution is -2.20. The number of rotatable bonds is 2. The highest BCUT2D eigenvalue weighted by molar-refractivity contribution is 5.83. The van der Waals surface area contributed by atoms with Crippen LogP contribution in [0.25, 0.3) is 22.3 Å². The molecule has 5 heteroatoms. The van der Waals surface area contributed by atoms with Crippen LogP contribution in [0.15, 0.2) is 47.3 Å². The standard InChI is InChI=1S/C16H14N2O3/c1-18-15(10-6-4-3-5-7-10)17-12-9-14(21-2)13(19)8-11(12)16(18)20/h3-9,19H,1-2H3. The van der Waals surface area contributed by atoms with Crippen molar-refractivity contribution in [3.8, 4) is 22.9 Å². The van der Waals surface area contributed by atoms with Crippen LogP contribution in [0.4, 0.5) is 0 Å². The van der Waals surface area contributed by atoms with Crippen LogP contribution >= 0.6 is 0 Å². The van der Waals surface area contributed by atoms with Crippen molar-refractivity contribution in [1.29, 1.82) is 0 Å². The Morgan fingerprint density at radius 2 is 1.90 bits per heavy atom. The van der Waals surface area contributed by atoms with Gasteiger partial charge in [0, 0.05) is 18.7 Å². The van der Waals surface area contributed by atoms with Gasteiger partial charge in [-0.2, -0.15) is 0 Å². The van der Waals surface area contributed by atoms with Gasteiger partial charge in [-0.15, -0.1) is 0 Å². The van der Waals surface area contributed by atoms with Crippen LogP contribution in [0.1, 0.15) is 0 Å². The molecule has 0 saturated heterocycles. The molecule has 3 aromatic rings. The SMILES string of the molecule is COc1cc2nc(-c3ccccc3)n(C)c(=O)c2cc1O. The molecule has 0 saturated carbocycles. The molecule has 0 atom stereocenters. The van der Waals surface area contributed by atoms with Crippen LogP contribution in [0.2, 0.25) is 0 Å². The molecule has 0 spiro atoms. The minimum atomic E-state index is -0.211. The van der Waals surface area contributed by atoms with Gasteiger partial charge in [0.25, 0.3) is 5.56 Å². The Labute approximate surface area is 121 Å². The summed E-state index contributed by atoms with van der Waals surface area (Å²) in [5, 5.41) is 10.2. The fourth-order valence-electron chi connectivity index (χ4n) is 2.30. The zero-order chi connectivity index (χ0) is 15.0. The summed E-state index contributed by atoms with van der Waals surface area (Å²) in [6.45, 7) is 0. The van der Waals surface area contributed by atoms with Crippen molar-refractivity contribution in [2.45, 2.75) is 0 Å². The Balaban J connectivity index is 2.36. The monoisotopic (exact) mass is 282 g/mol. The number of benzene rings is 2. The van der Waals surface area contributed by atoms with Crippen molar-refractivity contribution >= 4 is 10.9 Å². The molecular weight excluding hydrogens is 268 g/mol. The first kappa shape index (κ1) is 13.2. The molecule has 1 heterocycles. The Morgan fingerprint density at radius 3 is 2.57 bits per heavy atom. The third-order valence-corrected chi connectivity index (χ3v) is 3.41. The highest BCUT2D eigenvalue weighted by Crippen LogP contribution is 2.29. The van der Waals surface area contributed by atoms with Crippen LogP contribution in [0.3, 0.4) is 0 Å². The van der Waals surface area contributed by atoms with Crippen LogP contribution < -0.4 is 10.3 Å². The summed E-state index contributed by atoms with van der Waals surface area (Å²) < 4.78 is 6.55. The van der Waals surface area contributed by atoms with E-state index in [1.165, 1.54) is 17.7 Å². The maximum atomic E-state index is 12.4. The fraction of sp³-hybridized carbons (Fsp3) is 0.125. The first-order chi connectivity index (χ1) is 10.1. The molecule has 1 aromatic heterocycles. The second kappa shape index (κ2) is 4.94. The van der Waals surface area contributed by atoms with E-state index in [4.69, 9.17) is 4.74 Å². The Hall–Kier alpha value is -2.82. The van der Waals surface area contributed by atoms with E-state index in [2.05, 4.69) is 4.98 Å². The van der Waals surface area contributed by atoms with Gasteiger partial charge in [0.2, 0.25) is 0 Å². The van der Waals surface area contributed by atoms with Gasteiger partial charge < -0.3 is 9.84 Å². The Morgan fingerprint density at radius 1 is 1.19 bits per heavy atom. The van der Waals surface area contributed by atoms with E-state index in [1.807, 2.05) is 30.3 Å². The first-order valence-electron chi connectivity index (χ1n) is 6.45. The zero-order valence-corrected chi connectivity index (χ0v) is 11.7. The van der Waals surface area contributed by atoms with E-state index in [0.29, 0.717) is 22.5 Å². The van der Waals surface area contributed by atoms with E-state index in [1.54, 1.807) is 13.1 Å². The molecule has 0 aliphatic carbocycles. The summed E-state index contributed by atoms with van der Waals surface area (Å²) in [5.74, 6) is 0.791. The molecule has 0 aliphatic heterocycles. The van der Waals surface area contributed by atoms with Gasteiger partial charge in [-0.05, 0) is 6.07 Å². The van der Waals surface area contributed by atoms with Crippen molar-refractivity contribution in [3.05, 3.63) is 52.8 Å². The summed E-state index contributed by atoms with van der Waals surface area (Å²) in [4.78, 5) is 17.0. The number of fused-ring (bicyclic) bond motifs is 1. The molecule has 0 radical (unpaired) electrons. The molecular formula is C16H14N2O3. The van der Waals surface area contributed by atoms with E-state index < -0.39 is 0 Å². The summed E-state index contributed by atoms with van der Waals surface area (Å²) in [6, 6.07) is 12.4. The summed E-state index contributed by atoms with van der Waals surface area (Å²) in [5.41, 5.74) is 1.13. The molecule has 0 bridgehead atoms. The average Bonchev–Trinajstić information content (AvgIpc) is 2.52. The third kappa shape index (κ3) is 2.12. The van der Waals surface area contributed by atoms with Crippen molar-refractivity contribution in [2.24, 2.45) is 7.05 Å². The predicted molar refractivity (Wildman–Crippen MR) is 80.6 cm³/mol. The number of aromatic hydroxyl groups is 1. The number of aromatic nitrogens is 2. The summed E-state index contributed by atoms with van der Waals surface area (Å²) in [7, 11) is 3.12. The van der Waals surface area contributed by atoms with Crippen LogP contribution in [0.5, 0.6) is 11.5 Å². The lowest BCUT2D eigenvalue weighted by Gasteiger charge is -2.11. The number of phenols is 1. The van der Waals surface area contributed by atoms with Crippen LogP contribution in [0, 0.1) is 0 Å². The van der Waals surface area contributed by atoms with E-state index in [9.17, 15) is 9.90 Å². The minimum absolute atomic E-state index is 0.0728. The second-order valence-corrected chi connectivity index (χ2v) is 4.71. The number of hydrogen-bond donors (Lipinski definition) is 1. The molecule has 106 valence electrons. The molecule has 0 unspecified atom stereocenters. The van der Waals surface area contributed by atoms with Gasteiger partial charge in [0.15, 0.2) is 11.5 Å². The highest BCUT2D eigenvalue weighted by atomic mass is 16.5. The van der Waals surface area contributed by atoms with E-state index in [-0.39, 0.29) is 11.3 Å². The molecule has 0 aliphatic rings. The zero-order valence-electron chi connectivity index (χ0n) is 11.7. The van der Waals surface area contributed by atoms with Crippen molar-refractivity contribution < 1.29 is 9.84 Å². The van der Waals surface area contributed by atoms with Crippen molar-refractivity contribution in [2.75, 3.05) is 7.11 Å². The van der Waals surface area contributed by atoms with Crippen molar-refractivity contribution in [1.82, 2.24) is 9.55 Å². The van der Waals surface area contributed by atoms with Gasteiger partial charge in [-0.3, -0.25) is 9.36 Å². The third-order valence-electron chi connectivity index (χ3n) is 3.41. The van der Waals surface area contributed by atoms with E-state index in [0.717, 1.165) is 5.56 Å². The fourth-order valence-corrected chi connectivity index (χ4v) is 2.30. The van der Waals surface area contributed by atoms with Gasteiger partial charge in [-0.25, -0.2) is 4.98 Å². The number of methoxy groups -OCH3 is 1. The lowest BCUT2D eigenvalue weighted by atomic mass is 10.1. The molecule has 0 amide bonds. The minimum Gasteiger partial charge on any atom is -0.504 e. The van der Waals surface area contributed by atoms with Crippen LogP contribution in [-0.4, -0.2) is 21.8 Å². The number of ether oxygens (including phenoxy) is 1. The average molecular weight is 282 g/mol. The van der Waals surface area contributed by atoms with Gasteiger partial charge >= 0.3 is 0 Å². The normalized spacial score (nSPS) is 10.8. The Bertz CT molecular complexity index is 870. The summed E-state index contributed by atoms with van der Waals surface area (Å²) >= 11 is 0. The maximum Gasteiger partial charge on any atom is 0.261 e. The van der Waals surface area contributed by atoms with Crippen LogP contribution in [-0.2, 0) is 7.05 Å². The number of nitrogens with zero attached hydrogens (tertiary/aromatic N) is 2. The first-order valence-corrected chi connectivity index (χ1v) is 6.45. The summed E-state index contributed by atoms with van der Waals surface area (Å²) in [6.07, 6.45) is 0. The van der Waals surface area contributed by atoms with E-state index >= 15 is 0 Å². The largest absolute Gasteiger partial charge is 0.504 e. The molecule has 1 N–H and O–H groups in total. The highest BCUT2D eigenvalue weighted by Gasteiger charge is 2.13. The molecule has 2 aromatic carbocycles. The van der Waals surface area contributed by atoms with Gasteiger partial charge in [0.05, 0.1) is 18.0 Å². The quantitative estimate of drug-likeness (QED) is 0.783. The molecule has 0 fully saturated rings. The predicted octanol–water partition coefficient (Wildman–Crippen LogP) is 2.31. The second-order valence-electron chi connectivity index (χ2n) is 4.71. The van der Waals surface area contributed by atoms with Crippen molar-refractivity contribution in [3.63, 3.8) is 0 Å². The van der Waals surface area contributed by atoms with Gasteiger partial charge in [0.1, 0.15) is 5.82 Å². The van der Waals surface area contributed by atoms with Gasteiger partial charge in [-0.1, -0.05) is 30.3 Å². The molecule has 3 rings (SSSR count). The molecule has 21 heavy (non-hydrogen) atoms. The smallest absolute Gasteiger partial charge is 0.261 e. The Kier molecular flexibility index (Phi) is 3.10. The topological polar surface area (TPSA) is 64.4 Å². The maximum absolute atomic E-state index is 12.4. The number of phenolic OH excluding ortho intramolecular Hbond substituents is 1. The molecule has 5 nitrogen and oxygen atoms in total. The number of hydrogen-bond acceptors (Lipinski definition) is 4. The lowest BCUT2D eigenvalue weighted by molar-refractivity contribution is 0.374.